The highest BCUT2D eigenvalue weighted by Crippen LogP contribution is 2.38. The zero-order chi connectivity index (χ0) is 21.7. The van der Waals surface area contributed by atoms with Crippen molar-refractivity contribution in [2.45, 2.75) is 25.0 Å². The lowest BCUT2D eigenvalue weighted by molar-refractivity contribution is -0.221. The fourth-order valence-electron chi connectivity index (χ4n) is 5.50. The first-order chi connectivity index (χ1) is 15.8. The van der Waals surface area contributed by atoms with E-state index in [0.29, 0.717) is 0 Å². The highest BCUT2D eigenvalue weighted by Gasteiger charge is 2.38. The number of hydrogen-bond donors (Lipinski definition) is 0. The number of hydrogen-bond acceptors (Lipinski definition) is 3. The Bertz CT molecular complexity index is 1520. The van der Waals surface area contributed by atoms with Crippen LogP contribution in [0, 0.1) is 0 Å². The van der Waals surface area contributed by atoms with Gasteiger partial charge in [-0.2, -0.15) is 0 Å². The summed E-state index contributed by atoms with van der Waals surface area (Å²) in [6, 6.07) is 19.5. The number of methoxy groups -OCH3 is 2. The number of nitrogens with zero attached hydrogens (tertiary/aromatic N) is 1. The summed E-state index contributed by atoms with van der Waals surface area (Å²) < 4.78 is 12.0. The molecule has 3 nitrogen and oxygen atoms in total. The van der Waals surface area contributed by atoms with Gasteiger partial charge in [0.1, 0.15) is 0 Å². The fraction of sp³-hybridized carbons (Fsp3) is 0.207. The van der Waals surface area contributed by atoms with E-state index in [-0.39, 0.29) is 0 Å². The molecular formula is C29H25NO2. The monoisotopic (exact) mass is 419 g/mol. The second-order valence-corrected chi connectivity index (χ2v) is 8.54. The van der Waals surface area contributed by atoms with Crippen molar-refractivity contribution in [2.75, 3.05) is 14.2 Å². The lowest BCUT2D eigenvalue weighted by Gasteiger charge is -2.36. The lowest BCUT2D eigenvalue weighted by Crippen LogP contribution is -2.40. The molecule has 1 heterocycles. The van der Waals surface area contributed by atoms with Crippen LogP contribution in [0.2, 0.25) is 0 Å². The smallest absolute Gasteiger partial charge is 0.195 e. The number of benzene rings is 3. The summed E-state index contributed by atoms with van der Waals surface area (Å²) in [5.41, 5.74) is 4.76. The van der Waals surface area contributed by atoms with E-state index in [4.69, 9.17) is 14.5 Å². The van der Waals surface area contributed by atoms with Crippen LogP contribution in [0.5, 0.6) is 0 Å². The Morgan fingerprint density at radius 3 is 2.59 bits per heavy atom. The van der Waals surface area contributed by atoms with Crippen LogP contribution < -0.4 is 10.4 Å². The third kappa shape index (κ3) is 2.72. The molecule has 0 amide bonds. The maximum absolute atomic E-state index is 6.01. The van der Waals surface area contributed by atoms with Crippen molar-refractivity contribution in [3.63, 3.8) is 0 Å². The van der Waals surface area contributed by atoms with Gasteiger partial charge >= 0.3 is 0 Å². The van der Waals surface area contributed by atoms with E-state index in [1.165, 1.54) is 43.1 Å². The summed E-state index contributed by atoms with van der Waals surface area (Å²) in [5.74, 6) is -0.753. The molecule has 1 aromatic heterocycles. The molecule has 3 heteroatoms. The Morgan fingerprint density at radius 1 is 0.875 bits per heavy atom. The topological polar surface area (TPSA) is 31.4 Å². The predicted molar refractivity (Wildman–Crippen MR) is 130 cm³/mol. The minimum Gasteiger partial charge on any atom is -0.349 e. The van der Waals surface area contributed by atoms with Crippen molar-refractivity contribution < 1.29 is 9.47 Å². The van der Waals surface area contributed by atoms with Crippen molar-refractivity contribution >= 4 is 33.2 Å². The largest absolute Gasteiger partial charge is 0.349 e. The van der Waals surface area contributed by atoms with Crippen LogP contribution in [0.1, 0.15) is 29.7 Å². The SMILES string of the molecule is COC1(OC)CCC(c2nccc3ccccc23)=c2c1ccc1c3c(ccc21)CC=CC=3. The van der Waals surface area contributed by atoms with Crippen LogP contribution in [-0.2, 0) is 21.7 Å². The molecule has 4 aromatic rings. The van der Waals surface area contributed by atoms with Crippen molar-refractivity contribution in [2.24, 2.45) is 0 Å². The molecule has 0 unspecified atom stereocenters. The molecule has 2 aliphatic rings. The average Bonchev–Trinajstić information content (AvgIpc) is 2.87. The van der Waals surface area contributed by atoms with Crippen molar-refractivity contribution in [3.05, 3.63) is 100 Å². The maximum Gasteiger partial charge on any atom is 0.195 e. The van der Waals surface area contributed by atoms with Gasteiger partial charge in [-0.25, -0.2) is 0 Å². The first-order valence-corrected chi connectivity index (χ1v) is 11.2. The van der Waals surface area contributed by atoms with E-state index in [1.807, 2.05) is 6.20 Å². The predicted octanol–water partition coefficient (Wildman–Crippen LogP) is 4.72. The van der Waals surface area contributed by atoms with Gasteiger partial charge in [0.15, 0.2) is 5.79 Å². The molecule has 0 saturated carbocycles. The molecule has 0 aliphatic heterocycles. The molecule has 0 fully saturated rings. The van der Waals surface area contributed by atoms with Crippen LogP contribution in [0.3, 0.4) is 0 Å². The van der Waals surface area contributed by atoms with Gasteiger partial charge in [-0.3, -0.25) is 4.98 Å². The van der Waals surface area contributed by atoms with Crippen LogP contribution in [0.25, 0.3) is 33.2 Å². The molecule has 0 bridgehead atoms. The molecule has 6 rings (SSSR count). The lowest BCUT2D eigenvalue weighted by atomic mass is 9.82. The fourth-order valence-corrected chi connectivity index (χ4v) is 5.50. The number of ether oxygens (including phenoxy) is 2. The van der Waals surface area contributed by atoms with E-state index in [0.717, 1.165) is 30.5 Å². The van der Waals surface area contributed by atoms with E-state index in [9.17, 15) is 0 Å². The van der Waals surface area contributed by atoms with E-state index in [1.54, 1.807) is 14.2 Å². The molecule has 0 spiro atoms. The highest BCUT2D eigenvalue weighted by atomic mass is 16.7. The number of pyridine rings is 1. The Hall–Kier alpha value is -3.27. The summed E-state index contributed by atoms with van der Waals surface area (Å²) in [6.45, 7) is 0. The zero-order valence-corrected chi connectivity index (χ0v) is 18.4. The van der Waals surface area contributed by atoms with Crippen LogP contribution >= 0.6 is 0 Å². The first-order valence-electron chi connectivity index (χ1n) is 11.2. The van der Waals surface area contributed by atoms with Gasteiger partial charge in [0, 0.05) is 37.8 Å². The second-order valence-electron chi connectivity index (χ2n) is 8.54. The first kappa shape index (κ1) is 19.4. The number of fused-ring (bicyclic) bond motifs is 6. The van der Waals surface area contributed by atoms with Gasteiger partial charge in [-0.15, -0.1) is 0 Å². The Balaban J connectivity index is 1.82. The zero-order valence-electron chi connectivity index (χ0n) is 18.4. The van der Waals surface area contributed by atoms with Crippen molar-refractivity contribution in [1.29, 1.82) is 0 Å². The third-order valence-corrected chi connectivity index (χ3v) is 7.10. The standard InChI is InChI=1S/C29H25NO2/c1-31-29(32-2)17-15-25(28-22-10-6-4-8-20(22)16-18-30-28)27-24-12-11-19-7-3-5-9-21(19)23(24)13-14-26(27)29/h3-6,8-14,16,18H,7,15,17H2,1-2H3. The van der Waals surface area contributed by atoms with Gasteiger partial charge in [0.2, 0.25) is 0 Å². The minimum absolute atomic E-state index is 0.749. The van der Waals surface area contributed by atoms with E-state index < -0.39 is 5.79 Å². The second kappa shape index (κ2) is 7.40. The summed E-state index contributed by atoms with van der Waals surface area (Å²) in [5, 5.41) is 7.40. The van der Waals surface area contributed by atoms with Gasteiger partial charge < -0.3 is 9.47 Å². The van der Waals surface area contributed by atoms with Crippen LogP contribution in [0.15, 0.2) is 72.9 Å². The summed E-state index contributed by atoms with van der Waals surface area (Å²) in [7, 11) is 3.48. The van der Waals surface area contributed by atoms with Gasteiger partial charge in [-0.05, 0) is 56.6 Å². The van der Waals surface area contributed by atoms with Gasteiger partial charge in [-0.1, -0.05) is 66.8 Å². The molecule has 0 N–H and O–H groups in total. The minimum atomic E-state index is -0.753. The molecule has 0 radical (unpaired) electrons. The van der Waals surface area contributed by atoms with Crippen molar-refractivity contribution in [1.82, 2.24) is 4.98 Å². The highest BCUT2D eigenvalue weighted by molar-refractivity contribution is 5.96. The molecule has 32 heavy (non-hydrogen) atoms. The van der Waals surface area contributed by atoms with Gasteiger partial charge in [0.05, 0.1) is 5.69 Å². The summed E-state index contributed by atoms with van der Waals surface area (Å²) in [4.78, 5) is 4.89. The number of aromatic nitrogens is 1. The summed E-state index contributed by atoms with van der Waals surface area (Å²) in [6.07, 6.45) is 11.1. The maximum atomic E-state index is 6.01. The Morgan fingerprint density at radius 2 is 1.72 bits per heavy atom. The molecule has 0 atom stereocenters. The molecule has 0 saturated heterocycles. The average molecular weight is 420 g/mol. The molecule has 3 aromatic carbocycles. The van der Waals surface area contributed by atoms with E-state index in [2.05, 4.69) is 72.8 Å². The number of allylic oxidation sites excluding steroid dienone is 2. The van der Waals surface area contributed by atoms with Crippen LogP contribution in [0.4, 0.5) is 0 Å². The normalized spacial score (nSPS) is 16.6. The van der Waals surface area contributed by atoms with Gasteiger partial charge in [0.25, 0.3) is 0 Å². The molecule has 2 aliphatic carbocycles. The Labute approximate surface area is 187 Å². The van der Waals surface area contributed by atoms with E-state index >= 15 is 0 Å². The molecular weight excluding hydrogens is 394 g/mol. The Kier molecular flexibility index (Phi) is 4.49. The third-order valence-electron chi connectivity index (χ3n) is 7.10. The molecule has 158 valence electrons. The number of rotatable bonds is 3. The van der Waals surface area contributed by atoms with Crippen molar-refractivity contribution in [3.8, 4) is 0 Å². The van der Waals surface area contributed by atoms with Crippen LogP contribution in [-0.4, -0.2) is 19.2 Å². The summed E-state index contributed by atoms with van der Waals surface area (Å²) >= 11 is 0. The quantitative estimate of drug-likeness (QED) is 0.451.